The molecule has 0 aliphatic heterocycles. The Labute approximate surface area is 98.5 Å². The molecule has 0 fully saturated rings. The molecule has 6 heteroatoms. The normalized spacial score (nSPS) is 10.5. The molecule has 2 N–H and O–H groups in total. The van der Waals surface area contributed by atoms with Gasteiger partial charge in [0.05, 0.1) is 18.8 Å². The van der Waals surface area contributed by atoms with Gasteiger partial charge < -0.3 is 10.2 Å². The number of hydrogen-bond acceptors (Lipinski definition) is 4. The zero-order valence-electron chi connectivity index (χ0n) is 9.46. The van der Waals surface area contributed by atoms with Crippen LogP contribution in [0.2, 0.25) is 0 Å². The van der Waals surface area contributed by atoms with Gasteiger partial charge in [0, 0.05) is 12.7 Å². The number of carboxylic acid groups (broad SMARTS) is 2. The summed E-state index contributed by atoms with van der Waals surface area (Å²) in [5.41, 5.74) is 1.60. The number of nitrogens with zero attached hydrogens (tertiary/aromatic N) is 2. The van der Waals surface area contributed by atoms with E-state index in [-0.39, 0.29) is 19.6 Å². The molecular weight excluding hydrogens is 224 g/mol. The summed E-state index contributed by atoms with van der Waals surface area (Å²) >= 11 is 0. The van der Waals surface area contributed by atoms with Crippen molar-refractivity contribution in [3.05, 3.63) is 29.6 Å². The number of aliphatic carboxylic acids is 2. The van der Waals surface area contributed by atoms with Crippen molar-refractivity contribution in [3.63, 3.8) is 0 Å². The lowest BCUT2D eigenvalue weighted by Gasteiger charge is -2.18. The molecule has 1 aromatic heterocycles. The number of carbonyl (C=O) groups is 2. The zero-order valence-corrected chi connectivity index (χ0v) is 9.46. The van der Waals surface area contributed by atoms with Gasteiger partial charge in [-0.1, -0.05) is 6.07 Å². The van der Waals surface area contributed by atoms with E-state index in [9.17, 15) is 9.59 Å². The van der Waals surface area contributed by atoms with Crippen molar-refractivity contribution in [2.24, 2.45) is 0 Å². The fourth-order valence-electron chi connectivity index (χ4n) is 1.45. The Hall–Kier alpha value is -1.95. The van der Waals surface area contributed by atoms with Gasteiger partial charge in [-0.15, -0.1) is 0 Å². The molecule has 1 heterocycles. The highest BCUT2D eigenvalue weighted by molar-refractivity contribution is 5.72. The monoisotopic (exact) mass is 238 g/mol. The van der Waals surface area contributed by atoms with Gasteiger partial charge in [0.25, 0.3) is 0 Å². The smallest absolute Gasteiger partial charge is 0.317 e. The molecule has 1 rings (SSSR count). The Kier molecular flexibility index (Phi) is 4.59. The van der Waals surface area contributed by atoms with E-state index in [4.69, 9.17) is 10.2 Å². The lowest BCUT2D eigenvalue weighted by atomic mass is 10.2. The van der Waals surface area contributed by atoms with Crippen molar-refractivity contribution in [3.8, 4) is 0 Å². The van der Waals surface area contributed by atoms with Crippen molar-refractivity contribution in [1.29, 1.82) is 0 Å². The molecular formula is C11H14N2O4. The van der Waals surface area contributed by atoms with Gasteiger partial charge in [-0.2, -0.15) is 0 Å². The van der Waals surface area contributed by atoms with E-state index in [0.29, 0.717) is 5.69 Å². The number of aromatic nitrogens is 1. The first-order chi connectivity index (χ1) is 7.99. The van der Waals surface area contributed by atoms with E-state index >= 15 is 0 Å². The number of carboxylic acids is 2. The largest absolute Gasteiger partial charge is 0.480 e. The third-order valence-electron chi connectivity index (χ3n) is 2.21. The topological polar surface area (TPSA) is 90.7 Å². The van der Waals surface area contributed by atoms with E-state index < -0.39 is 11.9 Å². The Morgan fingerprint density at radius 3 is 2.35 bits per heavy atom. The molecule has 0 radical (unpaired) electrons. The van der Waals surface area contributed by atoms with Crippen LogP contribution in [-0.2, 0) is 16.1 Å². The second kappa shape index (κ2) is 5.95. The molecule has 0 aromatic carbocycles. The Morgan fingerprint density at radius 1 is 1.29 bits per heavy atom. The predicted octanol–water partition coefficient (Wildman–Crippen LogP) is 0.361. The maximum Gasteiger partial charge on any atom is 0.317 e. The minimum atomic E-state index is -1.06. The number of pyridine rings is 1. The van der Waals surface area contributed by atoms with Gasteiger partial charge in [-0.05, 0) is 18.6 Å². The molecule has 0 saturated carbocycles. The number of hydrogen-bond donors (Lipinski definition) is 2. The van der Waals surface area contributed by atoms with Crippen molar-refractivity contribution in [1.82, 2.24) is 9.88 Å². The summed E-state index contributed by atoms with van der Waals surface area (Å²) in [5.74, 6) is -2.11. The van der Waals surface area contributed by atoms with E-state index in [2.05, 4.69) is 4.98 Å². The predicted molar refractivity (Wildman–Crippen MR) is 59.5 cm³/mol. The molecule has 0 aliphatic rings. The second-order valence-electron chi connectivity index (χ2n) is 3.70. The SMILES string of the molecule is Cc1cccnc1CN(CC(=O)O)CC(=O)O. The van der Waals surface area contributed by atoms with Gasteiger partial charge in [0.15, 0.2) is 0 Å². The molecule has 0 amide bonds. The summed E-state index contributed by atoms with van der Waals surface area (Å²) in [6.07, 6.45) is 1.60. The van der Waals surface area contributed by atoms with Crippen LogP contribution in [0.1, 0.15) is 11.3 Å². The second-order valence-corrected chi connectivity index (χ2v) is 3.70. The van der Waals surface area contributed by atoms with Crippen molar-refractivity contribution >= 4 is 11.9 Å². The molecule has 0 spiro atoms. The first-order valence-electron chi connectivity index (χ1n) is 5.05. The summed E-state index contributed by atoms with van der Waals surface area (Å²) < 4.78 is 0. The minimum Gasteiger partial charge on any atom is -0.480 e. The molecule has 6 nitrogen and oxygen atoms in total. The highest BCUT2D eigenvalue weighted by atomic mass is 16.4. The highest BCUT2D eigenvalue weighted by Crippen LogP contribution is 2.06. The van der Waals surface area contributed by atoms with Crippen LogP contribution in [0.5, 0.6) is 0 Å². The zero-order chi connectivity index (χ0) is 12.8. The molecule has 92 valence electrons. The minimum absolute atomic E-state index is 0.214. The highest BCUT2D eigenvalue weighted by Gasteiger charge is 2.15. The average molecular weight is 238 g/mol. The van der Waals surface area contributed by atoms with Crippen molar-refractivity contribution in [2.75, 3.05) is 13.1 Å². The van der Waals surface area contributed by atoms with Crippen molar-refractivity contribution in [2.45, 2.75) is 13.5 Å². The fraction of sp³-hybridized carbons (Fsp3) is 0.364. The van der Waals surface area contributed by atoms with Gasteiger partial charge >= 0.3 is 11.9 Å². The summed E-state index contributed by atoms with van der Waals surface area (Å²) in [6, 6.07) is 3.62. The van der Waals surface area contributed by atoms with Crippen molar-refractivity contribution < 1.29 is 19.8 Å². The van der Waals surface area contributed by atoms with Gasteiger partial charge in [-0.25, -0.2) is 0 Å². The van der Waals surface area contributed by atoms with Crippen LogP contribution in [0.25, 0.3) is 0 Å². The third kappa shape index (κ3) is 4.60. The molecule has 0 unspecified atom stereocenters. The van der Waals surface area contributed by atoms with Crippen LogP contribution in [0.4, 0.5) is 0 Å². The van der Waals surface area contributed by atoms with E-state index in [1.807, 2.05) is 13.0 Å². The first kappa shape index (κ1) is 13.1. The first-order valence-corrected chi connectivity index (χ1v) is 5.05. The van der Waals surface area contributed by atoms with Crippen LogP contribution in [0.15, 0.2) is 18.3 Å². The third-order valence-corrected chi connectivity index (χ3v) is 2.21. The molecule has 0 saturated heterocycles. The lowest BCUT2D eigenvalue weighted by Crippen LogP contribution is -2.34. The molecule has 0 atom stereocenters. The summed E-state index contributed by atoms with van der Waals surface area (Å²) in [6.45, 7) is 1.43. The maximum atomic E-state index is 10.6. The number of aryl methyl sites for hydroxylation is 1. The van der Waals surface area contributed by atoms with E-state index in [1.54, 1.807) is 12.3 Å². The lowest BCUT2D eigenvalue weighted by molar-refractivity contribution is -0.142. The maximum absolute atomic E-state index is 10.6. The summed E-state index contributed by atoms with van der Waals surface area (Å²) in [5, 5.41) is 17.4. The standard InChI is InChI=1S/C11H14N2O4/c1-8-3-2-4-12-9(8)5-13(6-10(14)15)7-11(16)17/h2-4H,5-7H2,1H3,(H,14,15)(H,16,17). The van der Waals surface area contributed by atoms with Gasteiger partial charge in [-0.3, -0.25) is 19.5 Å². The average Bonchev–Trinajstić information content (AvgIpc) is 2.19. The molecule has 17 heavy (non-hydrogen) atoms. The van der Waals surface area contributed by atoms with Crippen LogP contribution in [0.3, 0.4) is 0 Å². The fourth-order valence-corrected chi connectivity index (χ4v) is 1.45. The number of rotatable bonds is 6. The van der Waals surface area contributed by atoms with Crippen LogP contribution in [0, 0.1) is 6.92 Å². The summed E-state index contributed by atoms with van der Waals surface area (Å²) in [4.78, 5) is 26.6. The quantitative estimate of drug-likeness (QED) is 0.743. The Bertz CT molecular complexity index is 404. The molecule has 0 bridgehead atoms. The van der Waals surface area contributed by atoms with E-state index in [0.717, 1.165) is 5.56 Å². The van der Waals surface area contributed by atoms with Crippen LogP contribution >= 0.6 is 0 Å². The summed E-state index contributed by atoms with van der Waals surface area (Å²) in [7, 11) is 0. The van der Waals surface area contributed by atoms with Gasteiger partial charge in [0.1, 0.15) is 0 Å². The van der Waals surface area contributed by atoms with Gasteiger partial charge in [0.2, 0.25) is 0 Å². The van der Waals surface area contributed by atoms with Crippen LogP contribution in [-0.4, -0.2) is 45.1 Å². The molecule has 1 aromatic rings. The van der Waals surface area contributed by atoms with Crippen LogP contribution < -0.4 is 0 Å². The Balaban J connectivity index is 2.75. The van der Waals surface area contributed by atoms with E-state index in [1.165, 1.54) is 4.90 Å². The Morgan fingerprint density at radius 2 is 1.88 bits per heavy atom. The molecule has 0 aliphatic carbocycles.